The number of halogens is 2. The first-order chi connectivity index (χ1) is 18.7. The molecule has 1 unspecified atom stereocenters. The standard InChI is InChI=1S/C31H30ClFN2O4/c1-2-4-23(15-20-7-9-22(10-8-20)31(39)34-14-13-29(36)37)30(38)28-18-24-17-25(32)11-12-27(24)35(28)19-21-5-3-6-26(33)16-21/h3,5-12,16-18,23H,2,4,13-15,19H2,1H3,(H,34,39)(H,36,37). The van der Waals surface area contributed by atoms with Gasteiger partial charge in [0.05, 0.1) is 12.1 Å². The predicted molar refractivity (Wildman–Crippen MR) is 150 cm³/mol. The van der Waals surface area contributed by atoms with Gasteiger partial charge in [-0.2, -0.15) is 0 Å². The van der Waals surface area contributed by atoms with E-state index in [-0.39, 0.29) is 36.4 Å². The summed E-state index contributed by atoms with van der Waals surface area (Å²) in [4.78, 5) is 36.9. The molecule has 2 N–H and O–H groups in total. The number of fused-ring (bicyclic) bond motifs is 1. The Morgan fingerprint density at radius 1 is 1.00 bits per heavy atom. The van der Waals surface area contributed by atoms with E-state index in [4.69, 9.17) is 16.7 Å². The lowest BCUT2D eigenvalue weighted by Gasteiger charge is -2.18. The van der Waals surface area contributed by atoms with E-state index in [0.717, 1.165) is 28.5 Å². The Labute approximate surface area is 231 Å². The quantitative estimate of drug-likeness (QED) is 0.197. The molecule has 202 valence electrons. The molecule has 0 aliphatic carbocycles. The molecule has 4 aromatic rings. The molecule has 0 bridgehead atoms. The summed E-state index contributed by atoms with van der Waals surface area (Å²) in [5, 5.41) is 12.7. The summed E-state index contributed by atoms with van der Waals surface area (Å²) in [6.07, 6.45) is 1.84. The fourth-order valence-corrected chi connectivity index (χ4v) is 4.96. The van der Waals surface area contributed by atoms with Gasteiger partial charge in [0.25, 0.3) is 5.91 Å². The number of carbonyl (C=O) groups excluding carboxylic acids is 2. The number of carboxylic acids is 1. The minimum atomic E-state index is -0.977. The van der Waals surface area contributed by atoms with Crippen LogP contribution in [0.5, 0.6) is 0 Å². The highest BCUT2D eigenvalue weighted by Gasteiger charge is 2.25. The van der Waals surface area contributed by atoms with E-state index < -0.39 is 5.97 Å². The number of rotatable bonds is 12. The number of hydrogen-bond donors (Lipinski definition) is 2. The number of aliphatic carboxylic acids is 1. The van der Waals surface area contributed by atoms with Gasteiger partial charge < -0.3 is 15.0 Å². The second kappa shape index (κ2) is 12.7. The van der Waals surface area contributed by atoms with Crippen LogP contribution in [-0.4, -0.2) is 33.9 Å². The molecular formula is C31H30ClFN2O4. The van der Waals surface area contributed by atoms with Crippen molar-refractivity contribution in [1.82, 2.24) is 9.88 Å². The van der Waals surface area contributed by atoms with E-state index in [1.54, 1.807) is 24.3 Å². The summed E-state index contributed by atoms with van der Waals surface area (Å²) in [5.41, 5.74) is 3.49. The van der Waals surface area contributed by atoms with Gasteiger partial charge in [0.1, 0.15) is 5.82 Å². The molecule has 0 saturated heterocycles. The van der Waals surface area contributed by atoms with E-state index in [0.29, 0.717) is 35.7 Å². The number of nitrogens with one attached hydrogen (secondary N) is 1. The zero-order valence-corrected chi connectivity index (χ0v) is 22.4. The van der Waals surface area contributed by atoms with Crippen molar-refractivity contribution in [2.75, 3.05) is 6.54 Å². The topological polar surface area (TPSA) is 88.4 Å². The van der Waals surface area contributed by atoms with Crippen molar-refractivity contribution in [3.63, 3.8) is 0 Å². The van der Waals surface area contributed by atoms with Gasteiger partial charge in [-0.1, -0.05) is 49.2 Å². The van der Waals surface area contributed by atoms with Gasteiger partial charge in [-0.3, -0.25) is 14.4 Å². The molecule has 4 rings (SSSR count). The van der Waals surface area contributed by atoms with Crippen LogP contribution in [0, 0.1) is 11.7 Å². The number of ketones is 1. The monoisotopic (exact) mass is 548 g/mol. The van der Waals surface area contributed by atoms with Crippen molar-refractivity contribution in [3.8, 4) is 0 Å². The Hall–Kier alpha value is -3.97. The van der Waals surface area contributed by atoms with Crippen LogP contribution in [0.1, 0.15) is 58.2 Å². The van der Waals surface area contributed by atoms with E-state index in [9.17, 15) is 18.8 Å². The number of nitrogens with zero attached hydrogens (tertiary/aromatic N) is 1. The van der Waals surface area contributed by atoms with Gasteiger partial charge in [-0.25, -0.2) is 4.39 Å². The SMILES string of the molecule is CCCC(Cc1ccc(C(=O)NCCC(=O)O)cc1)C(=O)c1cc2cc(Cl)ccc2n1Cc1cccc(F)c1. The van der Waals surface area contributed by atoms with Crippen LogP contribution in [0.4, 0.5) is 4.39 Å². The molecule has 0 radical (unpaired) electrons. The van der Waals surface area contributed by atoms with E-state index in [1.165, 1.54) is 12.1 Å². The Balaban J connectivity index is 1.59. The fraction of sp³-hybridized carbons (Fsp3) is 0.258. The smallest absolute Gasteiger partial charge is 0.305 e. The third-order valence-electron chi connectivity index (χ3n) is 6.68. The number of aromatic nitrogens is 1. The number of hydrogen-bond acceptors (Lipinski definition) is 3. The summed E-state index contributed by atoms with van der Waals surface area (Å²) < 4.78 is 15.8. The molecule has 0 saturated carbocycles. The number of carboxylic acid groups (broad SMARTS) is 1. The lowest BCUT2D eigenvalue weighted by molar-refractivity contribution is -0.136. The molecule has 1 heterocycles. The third kappa shape index (κ3) is 7.12. The molecule has 0 spiro atoms. The fourth-order valence-electron chi connectivity index (χ4n) is 4.78. The zero-order chi connectivity index (χ0) is 27.9. The van der Waals surface area contributed by atoms with Gasteiger partial charge in [0, 0.05) is 40.5 Å². The summed E-state index contributed by atoms with van der Waals surface area (Å²) >= 11 is 6.24. The molecule has 6 nitrogen and oxygen atoms in total. The van der Waals surface area contributed by atoms with Crippen LogP contribution in [0.25, 0.3) is 10.9 Å². The maximum Gasteiger partial charge on any atom is 0.305 e. The van der Waals surface area contributed by atoms with E-state index >= 15 is 0 Å². The Morgan fingerprint density at radius 3 is 2.46 bits per heavy atom. The van der Waals surface area contributed by atoms with Crippen LogP contribution in [-0.2, 0) is 17.8 Å². The van der Waals surface area contributed by atoms with Crippen molar-refractivity contribution in [1.29, 1.82) is 0 Å². The predicted octanol–water partition coefficient (Wildman–Crippen LogP) is 6.53. The zero-order valence-electron chi connectivity index (χ0n) is 21.6. The van der Waals surface area contributed by atoms with Crippen LogP contribution < -0.4 is 5.32 Å². The highest BCUT2D eigenvalue weighted by atomic mass is 35.5. The van der Waals surface area contributed by atoms with Crippen LogP contribution in [0.2, 0.25) is 5.02 Å². The Morgan fingerprint density at radius 2 is 1.77 bits per heavy atom. The van der Waals surface area contributed by atoms with Gasteiger partial charge >= 0.3 is 5.97 Å². The van der Waals surface area contributed by atoms with Crippen molar-refractivity contribution < 1.29 is 23.9 Å². The maximum absolute atomic E-state index is 14.0. The normalized spacial score (nSPS) is 11.9. The molecule has 3 aromatic carbocycles. The molecule has 39 heavy (non-hydrogen) atoms. The van der Waals surface area contributed by atoms with Crippen LogP contribution >= 0.6 is 11.6 Å². The first kappa shape index (κ1) is 28.0. The number of Topliss-reactive ketones (excluding diaryl/α,β-unsaturated/α-hetero) is 1. The summed E-state index contributed by atoms with van der Waals surface area (Å²) in [6.45, 7) is 2.43. The number of amides is 1. The van der Waals surface area contributed by atoms with E-state index in [2.05, 4.69) is 5.32 Å². The summed E-state index contributed by atoms with van der Waals surface area (Å²) in [5.74, 6) is -1.95. The molecular weight excluding hydrogens is 519 g/mol. The number of benzene rings is 3. The Bertz CT molecular complexity index is 1500. The minimum absolute atomic E-state index is 0.00364. The van der Waals surface area contributed by atoms with Gasteiger partial charge in [-0.15, -0.1) is 0 Å². The third-order valence-corrected chi connectivity index (χ3v) is 6.91. The second-order valence-electron chi connectivity index (χ2n) is 9.60. The average Bonchev–Trinajstić information content (AvgIpc) is 3.25. The average molecular weight is 549 g/mol. The minimum Gasteiger partial charge on any atom is -0.481 e. The molecule has 0 fully saturated rings. The van der Waals surface area contributed by atoms with Gasteiger partial charge in [0.2, 0.25) is 0 Å². The van der Waals surface area contributed by atoms with Gasteiger partial charge in [-0.05, 0) is 72.5 Å². The number of carbonyl (C=O) groups is 3. The van der Waals surface area contributed by atoms with E-state index in [1.807, 2.05) is 47.9 Å². The first-order valence-electron chi connectivity index (χ1n) is 12.9. The second-order valence-corrected chi connectivity index (χ2v) is 10.0. The van der Waals surface area contributed by atoms with Crippen LogP contribution in [0.3, 0.4) is 0 Å². The molecule has 8 heteroatoms. The Kier molecular flexibility index (Phi) is 9.15. The van der Waals surface area contributed by atoms with Crippen molar-refractivity contribution in [2.24, 2.45) is 5.92 Å². The lowest BCUT2D eigenvalue weighted by atomic mass is 9.89. The molecule has 1 aromatic heterocycles. The lowest BCUT2D eigenvalue weighted by Crippen LogP contribution is -2.26. The highest BCUT2D eigenvalue weighted by Crippen LogP contribution is 2.28. The van der Waals surface area contributed by atoms with Crippen molar-refractivity contribution >= 4 is 40.2 Å². The summed E-state index contributed by atoms with van der Waals surface area (Å²) in [7, 11) is 0. The molecule has 0 aliphatic heterocycles. The molecule has 1 amide bonds. The maximum atomic E-state index is 14.0. The highest BCUT2D eigenvalue weighted by molar-refractivity contribution is 6.31. The molecule has 1 atom stereocenters. The largest absolute Gasteiger partial charge is 0.481 e. The van der Waals surface area contributed by atoms with Crippen molar-refractivity contribution in [2.45, 2.75) is 39.2 Å². The van der Waals surface area contributed by atoms with Gasteiger partial charge in [0.15, 0.2) is 5.78 Å². The first-order valence-corrected chi connectivity index (χ1v) is 13.3. The van der Waals surface area contributed by atoms with Crippen LogP contribution in [0.15, 0.2) is 72.8 Å². The summed E-state index contributed by atoms with van der Waals surface area (Å²) in [6, 6.07) is 20.7. The molecule has 0 aliphatic rings. The van der Waals surface area contributed by atoms with Crippen molar-refractivity contribution in [3.05, 3.63) is 106 Å².